The normalized spacial score (nSPS) is 14.8. The van der Waals surface area contributed by atoms with Crippen molar-refractivity contribution in [1.82, 2.24) is 0 Å². The van der Waals surface area contributed by atoms with Gasteiger partial charge < -0.3 is 10.6 Å². The molecule has 0 saturated heterocycles. The van der Waals surface area contributed by atoms with Crippen LogP contribution in [-0.4, -0.2) is 12.4 Å². The molecule has 2 N–H and O–H groups in total. The van der Waals surface area contributed by atoms with Gasteiger partial charge in [0.25, 0.3) is 0 Å². The molecule has 0 aromatic heterocycles. The largest absolute Gasteiger partial charge is 0.386 e. The van der Waals surface area contributed by atoms with Crippen LogP contribution >= 0.6 is 0 Å². The molecule has 94 valence electrons. The van der Waals surface area contributed by atoms with E-state index in [1.807, 2.05) is 54.7 Å². The number of benzene rings is 2. The molecule has 0 fully saturated rings. The highest BCUT2D eigenvalue weighted by Crippen LogP contribution is 2.23. The van der Waals surface area contributed by atoms with E-state index in [2.05, 4.69) is 22.0 Å². The van der Waals surface area contributed by atoms with Crippen molar-refractivity contribution in [2.24, 2.45) is 10.7 Å². The number of nitrogens with zero attached hydrogens (tertiary/aromatic N) is 2. The van der Waals surface area contributed by atoms with Crippen LogP contribution in [0.1, 0.15) is 5.56 Å². The SMILES string of the molecule is NC1=NC(c2ccccc2)=CN(c2ccccc2)C1. The van der Waals surface area contributed by atoms with Crippen LogP contribution in [0.3, 0.4) is 0 Å². The molecule has 1 heterocycles. The van der Waals surface area contributed by atoms with Crippen LogP contribution in [0.25, 0.3) is 5.70 Å². The summed E-state index contributed by atoms with van der Waals surface area (Å²) in [5.74, 6) is 0.630. The van der Waals surface area contributed by atoms with Gasteiger partial charge in [-0.25, -0.2) is 4.99 Å². The van der Waals surface area contributed by atoms with Gasteiger partial charge in [0.05, 0.1) is 12.2 Å². The predicted molar refractivity (Wildman–Crippen MR) is 79.8 cm³/mol. The Kier molecular flexibility index (Phi) is 3.02. The summed E-state index contributed by atoms with van der Waals surface area (Å²) in [7, 11) is 0. The van der Waals surface area contributed by atoms with Crippen molar-refractivity contribution in [3.05, 3.63) is 72.4 Å². The lowest BCUT2D eigenvalue weighted by molar-refractivity contribution is 1.08. The summed E-state index contributed by atoms with van der Waals surface area (Å²) in [4.78, 5) is 6.56. The van der Waals surface area contributed by atoms with Crippen LogP contribution in [0.5, 0.6) is 0 Å². The standard InChI is InChI=1S/C16H15N3/c17-16-12-19(14-9-5-2-6-10-14)11-15(18-16)13-7-3-1-4-8-13/h1-11H,12H2,(H2,17,18). The quantitative estimate of drug-likeness (QED) is 0.889. The lowest BCUT2D eigenvalue weighted by Gasteiger charge is -2.25. The van der Waals surface area contributed by atoms with Crippen LogP contribution < -0.4 is 10.6 Å². The Morgan fingerprint density at radius 1 is 0.895 bits per heavy atom. The Hall–Kier alpha value is -2.55. The van der Waals surface area contributed by atoms with Crippen molar-refractivity contribution in [2.75, 3.05) is 11.4 Å². The summed E-state index contributed by atoms with van der Waals surface area (Å²) in [6.07, 6.45) is 2.04. The van der Waals surface area contributed by atoms with E-state index >= 15 is 0 Å². The van der Waals surface area contributed by atoms with Gasteiger partial charge in [0.1, 0.15) is 5.84 Å². The molecule has 0 spiro atoms. The van der Waals surface area contributed by atoms with Gasteiger partial charge >= 0.3 is 0 Å². The molecule has 2 aromatic rings. The maximum atomic E-state index is 5.96. The number of rotatable bonds is 2. The number of hydrogen-bond acceptors (Lipinski definition) is 3. The second kappa shape index (κ2) is 4.98. The van der Waals surface area contributed by atoms with Gasteiger partial charge in [-0.2, -0.15) is 0 Å². The van der Waals surface area contributed by atoms with Crippen molar-refractivity contribution in [1.29, 1.82) is 0 Å². The Morgan fingerprint density at radius 2 is 1.53 bits per heavy atom. The minimum atomic E-state index is 0.625. The molecule has 2 aromatic carbocycles. The van der Waals surface area contributed by atoms with E-state index in [0.29, 0.717) is 12.4 Å². The molecule has 3 heteroatoms. The fourth-order valence-corrected chi connectivity index (χ4v) is 2.12. The first kappa shape index (κ1) is 11.5. The van der Waals surface area contributed by atoms with Gasteiger partial charge in [0.15, 0.2) is 0 Å². The van der Waals surface area contributed by atoms with Gasteiger partial charge in [-0.15, -0.1) is 0 Å². The Balaban J connectivity index is 1.98. The van der Waals surface area contributed by atoms with Crippen LogP contribution in [0.4, 0.5) is 5.69 Å². The van der Waals surface area contributed by atoms with Gasteiger partial charge in [-0.3, -0.25) is 0 Å². The van der Waals surface area contributed by atoms with Crippen molar-refractivity contribution < 1.29 is 0 Å². The van der Waals surface area contributed by atoms with E-state index in [4.69, 9.17) is 5.73 Å². The second-order valence-electron chi connectivity index (χ2n) is 4.45. The molecule has 19 heavy (non-hydrogen) atoms. The number of anilines is 1. The van der Waals surface area contributed by atoms with Crippen LogP contribution in [-0.2, 0) is 0 Å². The van der Waals surface area contributed by atoms with E-state index in [1.165, 1.54) is 0 Å². The third-order valence-electron chi connectivity index (χ3n) is 3.03. The average molecular weight is 249 g/mol. The monoisotopic (exact) mass is 249 g/mol. The summed E-state index contributed by atoms with van der Waals surface area (Å²) in [5, 5.41) is 0. The van der Waals surface area contributed by atoms with Crippen molar-refractivity contribution >= 4 is 17.2 Å². The summed E-state index contributed by atoms with van der Waals surface area (Å²) in [6, 6.07) is 20.3. The van der Waals surface area contributed by atoms with Gasteiger partial charge in [-0.05, 0) is 12.1 Å². The number of para-hydroxylation sites is 1. The third kappa shape index (κ3) is 2.50. The maximum Gasteiger partial charge on any atom is 0.120 e. The lowest BCUT2D eigenvalue weighted by atomic mass is 10.1. The number of hydrogen-bond donors (Lipinski definition) is 1. The van der Waals surface area contributed by atoms with E-state index in [1.54, 1.807) is 0 Å². The first-order chi connectivity index (χ1) is 9.33. The topological polar surface area (TPSA) is 41.6 Å². The van der Waals surface area contributed by atoms with E-state index in [9.17, 15) is 0 Å². The molecule has 1 aliphatic heterocycles. The van der Waals surface area contributed by atoms with Crippen molar-refractivity contribution in [3.8, 4) is 0 Å². The molecule has 3 rings (SSSR count). The van der Waals surface area contributed by atoms with Crippen LogP contribution in [0.15, 0.2) is 71.9 Å². The highest BCUT2D eigenvalue weighted by Gasteiger charge is 2.13. The minimum Gasteiger partial charge on any atom is -0.386 e. The summed E-state index contributed by atoms with van der Waals surface area (Å²) >= 11 is 0. The summed E-state index contributed by atoms with van der Waals surface area (Å²) < 4.78 is 0. The molecule has 0 radical (unpaired) electrons. The minimum absolute atomic E-state index is 0.625. The lowest BCUT2D eigenvalue weighted by Crippen LogP contribution is -2.33. The fraction of sp³-hybridized carbons (Fsp3) is 0.0625. The molecule has 0 saturated carbocycles. The second-order valence-corrected chi connectivity index (χ2v) is 4.45. The van der Waals surface area contributed by atoms with E-state index < -0.39 is 0 Å². The first-order valence-corrected chi connectivity index (χ1v) is 6.25. The molecule has 0 aliphatic carbocycles. The van der Waals surface area contributed by atoms with Crippen LogP contribution in [0.2, 0.25) is 0 Å². The molecule has 3 nitrogen and oxygen atoms in total. The average Bonchev–Trinajstić information content (AvgIpc) is 2.48. The zero-order chi connectivity index (χ0) is 13.1. The van der Waals surface area contributed by atoms with Crippen molar-refractivity contribution in [3.63, 3.8) is 0 Å². The highest BCUT2D eigenvalue weighted by atomic mass is 15.2. The molecule has 0 amide bonds. The highest BCUT2D eigenvalue weighted by molar-refractivity contribution is 5.93. The predicted octanol–water partition coefficient (Wildman–Crippen LogP) is 2.86. The van der Waals surface area contributed by atoms with Gasteiger partial charge in [-0.1, -0.05) is 48.5 Å². The van der Waals surface area contributed by atoms with Gasteiger partial charge in [0.2, 0.25) is 0 Å². The molecule has 0 atom stereocenters. The molecule has 0 unspecified atom stereocenters. The van der Waals surface area contributed by atoms with Gasteiger partial charge in [0, 0.05) is 17.5 Å². The van der Waals surface area contributed by atoms with E-state index in [-0.39, 0.29) is 0 Å². The number of amidine groups is 1. The zero-order valence-corrected chi connectivity index (χ0v) is 10.5. The molecule has 0 bridgehead atoms. The molecular weight excluding hydrogens is 234 g/mol. The smallest absolute Gasteiger partial charge is 0.120 e. The molecule has 1 aliphatic rings. The zero-order valence-electron chi connectivity index (χ0n) is 10.5. The molecular formula is C16H15N3. The van der Waals surface area contributed by atoms with Crippen molar-refractivity contribution in [2.45, 2.75) is 0 Å². The van der Waals surface area contributed by atoms with E-state index in [0.717, 1.165) is 16.9 Å². The summed E-state index contributed by atoms with van der Waals surface area (Å²) in [5.41, 5.74) is 9.05. The Bertz CT molecular complexity index is 615. The Morgan fingerprint density at radius 3 is 2.21 bits per heavy atom. The first-order valence-electron chi connectivity index (χ1n) is 6.25. The summed E-state index contributed by atoms with van der Waals surface area (Å²) in [6.45, 7) is 0.625. The Labute approximate surface area is 112 Å². The number of aliphatic imine (C=N–C) groups is 1. The number of nitrogens with two attached hydrogens (primary N) is 1. The van der Waals surface area contributed by atoms with Crippen LogP contribution in [0, 0.1) is 0 Å². The maximum absolute atomic E-state index is 5.96. The third-order valence-corrected chi connectivity index (χ3v) is 3.03. The fourth-order valence-electron chi connectivity index (χ4n) is 2.12.